The fraction of sp³-hybridized carbons (Fsp3) is 0.400. The minimum atomic E-state index is 0.209. The van der Waals surface area contributed by atoms with Crippen LogP contribution in [0, 0.1) is 0 Å². The van der Waals surface area contributed by atoms with Gasteiger partial charge in [-0.05, 0) is 42.9 Å². The normalized spacial score (nSPS) is 13.1. The van der Waals surface area contributed by atoms with Crippen LogP contribution in [0.2, 0.25) is 0 Å². The van der Waals surface area contributed by atoms with Crippen molar-refractivity contribution in [2.24, 2.45) is 0 Å². The molecule has 1 heteroatoms. The van der Waals surface area contributed by atoms with Gasteiger partial charge in [0.25, 0.3) is 0 Å². The van der Waals surface area contributed by atoms with Crippen LogP contribution in [0.3, 0.4) is 0 Å². The summed E-state index contributed by atoms with van der Waals surface area (Å²) >= 11 is 0. The van der Waals surface area contributed by atoms with E-state index in [1.54, 1.807) is 0 Å². The fourth-order valence-electron chi connectivity index (χ4n) is 2.95. The lowest BCUT2D eigenvalue weighted by Crippen LogP contribution is -2.34. The molecular weight excluding hydrogens is 254 g/mol. The van der Waals surface area contributed by atoms with Crippen molar-refractivity contribution in [3.05, 3.63) is 71.8 Å². The highest BCUT2D eigenvalue weighted by molar-refractivity contribution is 5.23. The summed E-state index contributed by atoms with van der Waals surface area (Å²) in [6.45, 7) is 7.99. The lowest BCUT2D eigenvalue weighted by molar-refractivity contribution is 0.390. The minimum absolute atomic E-state index is 0.209. The van der Waals surface area contributed by atoms with Crippen molar-refractivity contribution in [1.29, 1.82) is 0 Å². The number of rotatable bonds is 7. The maximum atomic E-state index is 3.66. The van der Waals surface area contributed by atoms with Crippen molar-refractivity contribution < 1.29 is 0 Å². The van der Waals surface area contributed by atoms with Gasteiger partial charge in [-0.3, -0.25) is 0 Å². The molecule has 0 saturated carbocycles. The summed E-state index contributed by atoms with van der Waals surface area (Å²) in [6, 6.07) is 22.0. The molecule has 0 saturated heterocycles. The van der Waals surface area contributed by atoms with Crippen LogP contribution >= 0.6 is 0 Å². The highest BCUT2D eigenvalue weighted by Crippen LogP contribution is 2.28. The largest absolute Gasteiger partial charge is 0.314 e. The van der Waals surface area contributed by atoms with Gasteiger partial charge in [-0.15, -0.1) is 0 Å². The molecular formula is C20H27N. The number of nitrogens with one attached hydrogen (secondary N) is 1. The molecule has 0 fully saturated rings. The summed E-state index contributed by atoms with van der Waals surface area (Å²) < 4.78 is 0. The quantitative estimate of drug-likeness (QED) is 0.783. The first-order valence-corrected chi connectivity index (χ1v) is 7.91. The number of hydrogen-bond acceptors (Lipinski definition) is 1. The van der Waals surface area contributed by atoms with Gasteiger partial charge in [-0.2, -0.15) is 0 Å². The summed E-state index contributed by atoms with van der Waals surface area (Å²) in [5.41, 5.74) is 3.03. The molecule has 0 aliphatic heterocycles. The Kier molecular flexibility index (Phi) is 5.58. The molecule has 21 heavy (non-hydrogen) atoms. The summed E-state index contributed by atoms with van der Waals surface area (Å²) in [5.74, 6) is 0. The smallest absolute Gasteiger partial charge is 0.00471 e. The predicted molar refractivity (Wildman–Crippen MR) is 91.7 cm³/mol. The Morgan fingerprint density at radius 3 is 2.10 bits per heavy atom. The molecule has 0 aliphatic carbocycles. The Balaban J connectivity index is 1.80. The van der Waals surface area contributed by atoms with Crippen LogP contribution in [0.15, 0.2) is 60.7 Å². The van der Waals surface area contributed by atoms with Crippen LogP contribution in [0.1, 0.15) is 38.3 Å². The molecule has 2 aromatic rings. The molecule has 0 bridgehead atoms. The average molecular weight is 281 g/mol. The molecule has 1 atom stereocenters. The van der Waals surface area contributed by atoms with Crippen LogP contribution in [-0.4, -0.2) is 12.6 Å². The standard InChI is InChI=1S/C20H27N/c1-17(21-15-14-18-10-6-4-7-11-18)16-20(2,3)19-12-8-5-9-13-19/h4-13,17,21H,14-16H2,1-3H3. The zero-order valence-corrected chi connectivity index (χ0v) is 13.5. The lowest BCUT2D eigenvalue weighted by Gasteiger charge is -2.29. The first-order valence-electron chi connectivity index (χ1n) is 7.91. The maximum absolute atomic E-state index is 3.66. The molecule has 1 nitrogen and oxygen atoms in total. The van der Waals surface area contributed by atoms with Crippen molar-refractivity contribution >= 4 is 0 Å². The zero-order chi connectivity index (χ0) is 15.1. The van der Waals surface area contributed by atoms with E-state index in [0.717, 1.165) is 19.4 Å². The van der Waals surface area contributed by atoms with Crippen LogP contribution < -0.4 is 5.32 Å². The second-order valence-electron chi connectivity index (χ2n) is 6.54. The van der Waals surface area contributed by atoms with Crippen molar-refractivity contribution in [2.75, 3.05) is 6.54 Å². The van der Waals surface area contributed by atoms with Crippen molar-refractivity contribution in [1.82, 2.24) is 5.32 Å². The number of benzene rings is 2. The van der Waals surface area contributed by atoms with Crippen LogP contribution in [-0.2, 0) is 11.8 Å². The monoisotopic (exact) mass is 281 g/mol. The predicted octanol–water partition coefficient (Wildman–Crippen LogP) is 4.58. The third kappa shape index (κ3) is 5.02. The zero-order valence-electron chi connectivity index (χ0n) is 13.5. The highest BCUT2D eigenvalue weighted by atomic mass is 14.9. The third-order valence-corrected chi connectivity index (χ3v) is 4.12. The second kappa shape index (κ2) is 7.42. The Bertz CT molecular complexity index is 516. The topological polar surface area (TPSA) is 12.0 Å². The molecule has 0 aromatic heterocycles. The van der Waals surface area contributed by atoms with E-state index in [4.69, 9.17) is 0 Å². The molecule has 2 aromatic carbocycles. The van der Waals surface area contributed by atoms with E-state index >= 15 is 0 Å². The molecule has 0 spiro atoms. The van der Waals surface area contributed by atoms with E-state index in [1.807, 2.05) is 0 Å². The minimum Gasteiger partial charge on any atom is -0.314 e. The molecule has 1 N–H and O–H groups in total. The molecule has 0 radical (unpaired) electrons. The van der Waals surface area contributed by atoms with E-state index in [0.29, 0.717) is 6.04 Å². The van der Waals surface area contributed by atoms with Crippen molar-refractivity contribution in [2.45, 2.75) is 45.1 Å². The van der Waals surface area contributed by atoms with E-state index in [2.05, 4.69) is 86.8 Å². The molecule has 0 heterocycles. The lowest BCUT2D eigenvalue weighted by atomic mass is 9.79. The molecule has 2 rings (SSSR count). The fourth-order valence-corrected chi connectivity index (χ4v) is 2.95. The molecule has 1 unspecified atom stereocenters. The average Bonchev–Trinajstić information content (AvgIpc) is 2.49. The Labute approximate surface area is 129 Å². The van der Waals surface area contributed by atoms with Crippen molar-refractivity contribution in [3.8, 4) is 0 Å². The van der Waals surface area contributed by atoms with Gasteiger partial charge in [0, 0.05) is 6.04 Å². The summed E-state index contributed by atoms with van der Waals surface area (Å²) in [5, 5.41) is 3.66. The SMILES string of the molecule is CC(CC(C)(C)c1ccccc1)NCCc1ccccc1. The van der Waals surface area contributed by atoms with E-state index < -0.39 is 0 Å². The van der Waals surface area contributed by atoms with E-state index in [9.17, 15) is 0 Å². The first-order chi connectivity index (χ1) is 10.1. The Morgan fingerprint density at radius 2 is 1.48 bits per heavy atom. The third-order valence-electron chi connectivity index (χ3n) is 4.12. The van der Waals surface area contributed by atoms with Gasteiger partial charge in [0.15, 0.2) is 0 Å². The van der Waals surface area contributed by atoms with Gasteiger partial charge in [0.2, 0.25) is 0 Å². The van der Waals surface area contributed by atoms with Gasteiger partial charge < -0.3 is 5.32 Å². The van der Waals surface area contributed by atoms with Gasteiger partial charge >= 0.3 is 0 Å². The van der Waals surface area contributed by atoms with E-state index in [-0.39, 0.29) is 5.41 Å². The van der Waals surface area contributed by atoms with Crippen molar-refractivity contribution in [3.63, 3.8) is 0 Å². The van der Waals surface area contributed by atoms with Crippen LogP contribution in [0.5, 0.6) is 0 Å². The Hall–Kier alpha value is -1.60. The molecule has 112 valence electrons. The van der Waals surface area contributed by atoms with Gasteiger partial charge in [0.1, 0.15) is 0 Å². The summed E-state index contributed by atoms with van der Waals surface area (Å²) in [6.07, 6.45) is 2.24. The maximum Gasteiger partial charge on any atom is 0.00471 e. The van der Waals surface area contributed by atoms with Gasteiger partial charge in [-0.25, -0.2) is 0 Å². The summed E-state index contributed by atoms with van der Waals surface area (Å²) in [4.78, 5) is 0. The summed E-state index contributed by atoms with van der Waals surface area (Å²) in [7, 11) is 0. The van der Waals surface area contributed by atoms with Gasteiger partial charge in [-0.1, -0.05) is 74.5 Å². The highest BCUT2D eigenvalue weighted by Gasteiger charge is 2.22. The second-order valence-corrected chi connectivity index (χ2v) is 6.54. The first kappa shape index (κ1) is 15.8. The van der Waals surface area contributed by atoms with Crippen LogP contribution in [0.25, 0.3) is 0 Å². The number of hydrogen-bond donors (Lipinski definition) is 1. The molecule has 0 amide bonds. The van der Waals surface area contributed by atoms with E-state index in [1.165, 1.54) is 11.1 Å². The van der Waals surface area contributed by atoms with Crippen LogP contribution in [0.4, 0.5) is 0 Å². The Morgan fingerprint density at radius 1 is 0.905 bits per heavy atom. The van der Waals surface area contributed by atoms with Gasteiger partial charge in [0.05, 0.1) is 0 Å². The molecule has 0 aliphatic rings.